The van der Waals surface area contributed by atoms with E-state index >= 15 is 0 Å². The number of carbonyl (C=O) groups is 1. The van der Waals surface area contributed by atoms with Crippen molar-refractivity contribution in [1.82, 2.24) is 35.4 Å². The number of nitrogens with one attached hydrogen (secondary N) is 1. The van der Waals surface area contributed by atoms with Crippen molar-refractivity contribution in [3.05, 3.63) is 52.9 Å². The monoisotopic (exact) mass is 383 g/mol. The summed E-state index contributed by atoms with van der Waals surface area (Å²) in [4.78, 5) is 19.1. The number of benzene rings is 1. The van der Waals surface area contributed by atoms with Gasteiger partial charge in [-0.2, -0.15) is 4.98 Å². The third kappa shape index (κ3) is 4.09. The zero-order valence-electron chi connectivity index (χ0n) is 17.0. The van der Waals surface area contributed by atoms with Crippen molar-refractivity contribution in [1.29, 1.82) is 0 Å². The largest absolute Gasteiger partial charge is 0.338 e. The Morgan fingerprint density at radius 2 is 1.89 bits per heavy atom. The molecule has 0 unspecified atom stereocenters. The van der Waals surface area contributed by atoms with Crippen molar-refractivity contribution in [2.24, 2.45) is 0 Å². The van der Waals surface area contributed by atoms with Gasteiger partial charge in [-0.1, -0.05) is 28.1 Å². The van der Waals surface area contributed by atoms with Crippen LogP contribution < -0.4 is 5.32 Å². The van der Waals surface area contributed by atoms with E-state index in [9.17, 15) is 4.79 Å². The minimum Gasteiger partial charge on any atom is -0.338 e. The second-order valence-corrected chi connectivity index (χ2v) is 7.60. The van der Waals surface area contributed by atoms with Gasteiger partial charge >= 0.3 is 0 Å². The lowest BCUT2D eigenvalue weighted by molar-refractivity contribution is 0.0901. The Balaban J connectivity index is 1.79. The van der Waals surface area contributed by atoms with Crippen LogP contribution in [-0.2, 0) is 12.1 Å². The number of amides is 1. The van der Waals surface area contributed by atoms with E-state index in [1.54, 1.807) is 4.68 Å². The molecule has 0 spiro atoms. The number of nitrogens with zero attached hydrogens (tertiary/aromatic N) is 6. The fraction of sp³-hybridized carbons (Fsp3) is 0.421. The molecule has 1 N–H and O–H groups in total. The Morgan fingerprint density at radius 1 is 1.21 bits per heavy atom. The highest BCUT2D eigenvalue weighted by atomic mass is 16.5. The van der Waals surface area contributed by atoms with Gasteiger partial charge < -0.3 is 14.7 Å². The molecule has 1 amide bonds. The molecule has 2 heterocycles. The van der Waals surface area contributed by atoms with E-state index in [0.29, 0.717) is 24.0 Å². The van der Waals surface area contributed by atoms with Crippen molar-refractivity contribution in [3.8, 4) is 5.69 Å². The van der Waals surface area contributed by atoms with E-state index in [0.717, 1.165) is 11.3 Å². The topological polar surface area (TPSA) is 102 Å². The van der Waals surface area contributed by atoms with Crippen LogP contribution in [0.25, 0.3) is 5.69 Å². The molecule has 0 radical (unpaired) electrons. The average molecular weight is 383 g/mol. The van der Waals surface area contributed by atoms with Crippen LogP contribution in [0.4, 0.5) is 0 Å². The SMILES string of the molecule is Cc1ccc(-n2nnc(C(=O)NC(C)(C)c3noc(CN(C)C)n3)c2C)cc1. The van der Waals surface area contributed by atoms with Crippen LogP contribution >= 0.6 is 0 Å². The van der Waals surface area contributed by atoms with Gasteiger partial charge in [0, 0.05) is 0 Å². The molecule has 2 aromatic heterocycles. The zero-order chi connectivity index (χ0) is 20.5. The van der Waals surface area contributed by atoms with Crippen molar-refractivity contribution < 1.29 is 9.32 Å². The van der Waals surface area contributed by atoms with Gasteiger partial charge in [0.1, 0.15) is 0 Å². The summed E-state index contributed by atoms with van der Waals surface area (Å²) >= 11 is 0. The second kappa shape index (κ2) is 7.51. The molecule has 9 nitrogen and oxygen atoms in total. The number of carbonyl (C=O) groups excluding carboxylic acids is 1. The number of hydrogen-bond donors (Lipinski definition) is 1. The Kier molecular flexibility index (Phi) is 5.28. The molecule has 1 aromatic carbocycles. The van der Waals surface area contributed by atoms with E-state index in [-0.39, 0.29) is 11.6 Å². The van der Waals surface area contributed by atoms with Crippen molar-refractivity contribution >= 4 is 5.91 Å². The quantitative estimate of drug-likeness (QED) is 0.694. The van der Waals surface area contributed by atoms with Crippen molar-refractivity contribution in [3.63, 3.8) is 0 Å². The van der Waals surface area contributed by atoms with E-state index in [4.69, 9.17) is 4.52 Å². The lowest BCUT2D eigenvalue weighted by Gasteiger charge is -2.21. The molecule has 0 fully saturated rings. The summed E-state index contributed by atoms with van der Waals surface area (Å²) in [5.41, 5.74) is 2.07. The smallest absolute Gasteiger partial charge is 0.274 e. The maximum absolute atomic E-state index is 12.8. The minimum absolute atomic E-state index is 0.255. The Bertz CT molecular complexity index is 971. The number of aryl methyl sites for hydroxylation is 1. The van der Waals surface area contributed by atoms with Crippen LogP contribution in [0.15, 0.2) is 28.8 Å². The fourth-order valence-corrected chi connectivity index (χ4v) is 2.71. The van der Waals surface area contributed by atoms with Crippen LogP contribution in [0.2, 0.25) is 0 Å². The van der Waals surface area contributed by atoms with Gasteiger partial charge in [-0.25, -0.2) is 4.68 Å². The van der Waals surface area contributed by atoms with Crippen LogP contribution in [0, 0.1) is 13.8 Å². The maximum Gasteiger partial charge on any atom is 0.274 e. The highest BCUT2D eigenvalue weighted by Gasteiger charge is 2.31. The van der Waals surface area contributed by atoms with Gasteiger partial charge in [-0.3, -0.25) is 4.79 Å². The molecule has 9 heteroatoms. The highest BCUT2D eigenvalue weighted by Crippen LogP contribution is 2.19. The first-order chi connectivity index (χ1) is 13.2. The molecule has 148 valence electrons. The molecule has 0 aliphatic heterocycles. The van der Waals surface area contributed by atoms with E-state index in [1.807, 2.05) is 71.0 Å². The summed E-state index contributed by atoms with van der Waals surface area (Å²) in [6, 6.07) is 7.85. The van der Waals surface area contributed by atoms with Gasteiger partial charge in [-0.05, 0) is 53.9 Å². The highest BCUT2D eigenvalue weighted by molar-refractivity contribution is 5.93. The number of aromatic nitrogens is 5. The fourth-order valence-electron chi connectivity index (χ4n) is 2.71. The summed E-state index contributed by atoms with van der Waals surface area (Å²) in [5.74, 6) is 0.546. The molecule has 0 bridgehead atoms. The van der Waals surface area contributed by atoms with E-state index in [1.165, 1.54) is 0 Å². The number of hydrogen-bond acceptors (Lipinski definition) is 7. The van der Waals surface area contributed by atoms with Crippen molar-refractivity contribution in [2.75, 3.05) is 14.1 Å². The Hall–Kier alpha value is -3.07. The molecule has 0 aliphatic carbocycles. The standard InChI is InChI=1S/C19H25N7O2/c1-12-7-9-14(10-8-12)26-13(2)16(22-24-26)17(27)21-19(3,4)18-20-15(28-23-18)11-25(5)6/h7-10H,11H2,1-6H3,(H,21,27). The molecule has 28 heavy (non-hydrogen) atoms. The molecular weight excluding hydrogens is 358 g/mol. The summed E-state index contributed by atoms with van der Waals surface area (Å²) in [6.45, 7) is 7.98. The lowest BCUT2D eigenvalue weighted by atomic mass is 10.0. The molecule has 0 saturated heterocycles. The first-order valence-corrected chi connectivity index (χ1v) is 8.97. The summed E-state index contributed by atoms with van der Waals surface area (Å²) in [5, 5.41) is 15.1. The van der Waals surface area contributed by atoms with E-state index < -0.39 is 5.54 Å². The van der Waals surface area contributed by atoms with Crippen LogP contribution in [0.3, 0.4) is 0 Å². The van der Waals surface area contributed by atoms with Crippen LogP contribution in [0.5, 0.6) is 0 Å². The molecular formula is C19H25N7O2. The molecule has 0 aliphatic rings. The van der Waals surface area contributed by atoms with Crippen LogP contribution in [0.1, 0.15) is 47.3 Å². The van der Waals surface area contributed by atoms with Crippen molar-refractivity contribution in [2.45, 2.75) is 39.8 Å². The Labute approximate surface area is 163 Å². The molecule has 0 saturated carbocycles. The van der Waals surface area contributed by atoms with Gasteiger partial charge in [0.25, 0.3) is 5.91 Å². The first-order valence-electron chi connectivity index (χ1n) is 8.97. The third-order valence-corrected chi connectivity index (χ3v) is 4.29. The first kappa shape index (κ1) is 19.7. The second-order valence-electron chi connectivity index (χ2n) is 7.60. The van der Waals surface area contributed by atoms with E-state index in [2.05, 4.69) is 25.8 Å². The van der Waals surface area contributed by atoms with Crippen LogP contribution in [-0.4, -0.2) is 50.0 Å². The Morgan fingerprint density at radius 3 is 2.54 bits per heavy atom. The summed E-state index contributed by atoms with van der Waals surface area (Å²) in [6.07, 6.45) is 0. The molecule has 3 rings (SSSR count). The average Bonchev–Trinajstić information content (AvgIpc) is 3.22. The predicted molar refractivity (Wildman–Crippen MR) is 103 cm³/mol. The maximum atomic E-state index is 12.8. The molecule has 3 aromatic rings. The van der Waals surface area contributed by atoms with Gasteiger partial charge in [0.2, 0.25) is 5.89 Å². The van der Waals surface area contributed by atoms with Gasteiger partial charge in [-0.15, -0.1) is 5.10 Å². The zero-order valence-corrected chi connectivity index (χ0v) is 17.0. The molecule has 0 atom stereocenters. The van der Waals surface area contributed by atoms with Gasteiger partial charge in [0.15, 0.2) is 11.5 Å². The lowest BCUT2D eigenvalue weighted by Crippen LogP contribution is -2.42. The summed E-state index contributed by atoms with van der Waals surface area (Å²) < 4.78 is 6.90. The summed E-state index contributed by atoms with van der Waals surface area (Å²) in [7, 11) is 3.83. The number of rotatable bonds is 6. The normalized spacial score (nSPS) is 11.8. The van der Waals surface area contributed by atoms with Gasteiger partial charge in [0.05, 0.1) is 23.5 Å². The predicted octanol–water partition coefficient (Wildman–Crippen LogP) is 1.99. The third-order valence-electron chi connectivity index (χ3n) is 4.29. The minimum atomic E-state index is -0.828.